The lowest BCUT2D eigenvalue weighted by Gasteiger charge is -2.29. The Morgan fingerprint density at radius 1 is 1.00 bits per heavy atom. The largest absolute Gasteiger partial charge is 0.497 e. The third-order valence-electron chi connectivity index (χ3n) is 4.70. The van der Waals surface area contributed by atoms with Crippen LogP contribution in [0.4, 0.5) is 8.78 Å². The summed E-state index contributed by atoms with van der Waals surface area (Å²) in [5.74, 6) is -1.54. The summed E-state index contributed by atoms with van der Waals surface area (Å²) in [5.41, 5.74) is 0.860. The van der Waals surface area contributed by atoms with Gasteiger partial charge in [-0.05, 0) is 48.7 Å². The minimum atomic E-state index is -3.94. The molecule has 1 atom stereocenters. The minimum Gasteiger partial charge on any atom is -0.497 e. The molecule has 1 heterocycles. The summed E-state index contributed by atoms with van der Waals surface area (Å²) < 4.78 is 59.6. The fraction of sp³-hybridized carbons (Fsp3) is 0.368. The molecule has 0 aliphatic carbocycles. The van der Waals surface area contributed by atoms with Gasteiger partial charge in [-0.2, -0.15) is 4.31 Å². The molecule has 4 nitrogen and oxygen atoms in total. The van der Waals surface area contributed by atoms with Crippen molar-refractivity contribution in [1.29, 1.82) is 0 Å². The van der Waals surface area contributed by atoms with Crippen LogP contribution < -0.4 is 4.74 Å². The maximum Gasteiger partial charge on any atom is 0.243 e. The Labute approximate surface area is 152 Å². The second-order valence-corrected chi connectivity index (χ2v) is 8.22. The van der Waals surface area contributed by atoms with Crippen LogP contribution in [0.15, 0.2) is 47.4 Å². The summed E-state index contributed by atoms with van der Waals surface area (Å²) in [6, 6.07) is 9.66. The highest BCUT2D eigenvalue weighted by Crippen LogP contribution is 2.35. The first-order valence-corrected chi connectivity index (χ1v) is 9.98. The molecule has 1 aliphatic heterocycles. The van der Waals surface area contributed by atoms with Gasteiger partial charge in [0.1, 0.15) is 5.75 Å². The molecule has 1 fully saturated rings. The highest BCUT2D eigenvalue weighted by atomic mass is 32.2. The van der Waals surface area contributed by atoms with Gasteiger partial charge < -0.3 is 4.74 Å². The molecule has 7 heteroatoms. The zero-order valence-corrected chi connectivity index (χ0v) is 15.3. The second kappa shape index (κ2) is 7.72. The van der Waals surface area contributed by atoms with Gasteiger partial charge in [0.05, 0.1) is 18.0 Å². The average Bonchev–Trinajstić information content (AvgIpc) is 2.90. The Hall–Kier alpha value is -1.99. The van der Waals surface area contributed by atoms with Gasteiger partial charge in [0.25, 0.3) is 0 Å². The highest BCUT2D eigenvalue weighted by molar-refractivity contribution is 7.89. The molecule has 26 heavy (non-hydrogen) atoms. The predicted molar refractivity (Wildman–Crippen MR) is 94.5 cm³/mol. The van der Waals surface area contributed by atoms with Crippen LogP contribution >= 0.6 is 0 Å². The van der Waals surface area contributed by atoms with Crippen LogP contribution in [0, 0.1) is 11.6 Å². The van der Waals surface area contributed by atoms with Crippen molar-refractivity contribution in [3.8, 4) is 5.75 Å². The number of rotatable bonds is 4. The Kier molecular flexibility index (Phi) is 5.58. The van der Waals surface area contributed by atoms with E-state index in [-0.39, 0.29) is 10.9 Å². The molecule has 0 aromatic heterocycles. The number of sulfonamides is 1. The Morgan fingerprint density at radius 2 is 1.73 bits per heavy atom. The lowest BCUT2D eigenvalue weighted by molar-refractivity contribution is 0.328. The second-order valence-electron chi connectivity index (χ2n) is 6.33. The number of ether oxygens (including phenoxy) is 1. The molecule has 0 bridgehead atoms. The lowest BCUT2D eigenvalue weighted by atomic mass is 10.0. The molecule has 3 rings (SSSR count). The number of methoxy groups -OCH3 is 1. The third kappa shape index (κ3) is 3.73. The molecule has 0 amide bonds. The molecule has 0 unspecified atom stereocenters. The first-order chi connectivity index (χ1) is 12.4. The van der Waals surface area contributed by atoms with E-state index in [1.807, 2.05) is 12.1 Å². The molecular weight excluding hydrogens is 360 g/mol. The molecule has 0 saturated carbocycles. The van der Waals surface area contributed by atoms with Crippen molar-refractivity contribution in [3.63, 3.8) is 0 Å². The average molecular weight is 381 g/mol. The molecular formula is C19H21F2NO3S. The lowest BCUT2D eigenvalue weighted by Crippen LogP contribution is -2.35. The van der Waals surface area contributed by atoms with E-state index in [0.29, 0.717) is 18.7 Å². The zero-order chi connectivity index (χ0) is 18.7. The summed E-state index contributed by atoms with van der Waals surface area (Å²) in [4.78, 5) is -0.225. The van der Waals surface area contributed by atoms with Crippen LogP contribution in [0.3, 0.4) is 0 Å². The van der Waals surface area contributed by atoms with Crippen molar-refractivity contribution in [3.05, 3.63) is 59.7 Å². The standard InChI is InChI=1S/C19H21F2NO3S/c1-25-15-8-6-14(7-9-15)19-5-3-2-4-12-22(19)26(23,24)16-10-11-17(20)18(21)13-16/h6-11,13,19H,2-5,12H2,1H3/t19-/m0/s1. The van der Waals surface area contributed by atoms with Crippen molar-refractivity contribution in [2.45, 2.75) is 36.6 Å². The van der Waals surface area contributed by atoms with Gasteiger partial charge in [0, 0.05) is 6.54 Å². The number of nitrogens with zero attached hydrogens (tertiary/aromatic N) is 1. The van der Waals surface area contributed by atoms with E-state index in [2.05, 4.69) is 0 Å². The van der Waals surface area contributed by atoms with Gasteiger partial charge in [-0.3, -0.25) is 0 Å². The third-order valence-corrected chi connectivity index (χ3v) is 6.61. The molecule has 0 radical (unpaired) electrons. The van der Waals surface area contributed by atoms with Gasteiger partial charge in [-0.1, -0.05) is 25.0 Å². The quantitative estimate of drug-likeness (QED) is 0.794. The van der Waals surface area contributed by atoms with E-state index in [4.69, 9.17) is 4.74 Å². The number of halogens is 2. The van der Waals surface area contributed by atoms with E-state index in [1.54, 1.807) is 19.2 Å². The summed E-state index contributed by atoms with van der Waals surface area (Å²) >= 11 is 0. The van der Waals surface area contributed by atoms with Crippen LogP contribution in [0.2, 0.25) is 0 Å². The fourth-order valence-electron chi connectivity index (χ4n) is 3.30. The van der Waals surface area contributed by atoms with Gasteiger partial charge in [-0.25, -0.2) is 17.2 Å². The first kappa shape index (κ1) is 18.8. The van der Waals surface area contributed by atoms with Gasteiger partial charge >= 0.3 is 0 Å². The van der Waals surface area contributed by atoms with E-state index < -0.39 is 21.7 Å². The molecule has 140 valence electrons. The van der Waals surface area contributed by atoms with Crippen molar-refractivity contribution < 1.29 is 21.9 Å². The summed E-state index contributed by atoms with van der Waals surface area (Å²) in [6.07, 6.45) is 3.24. The van der Waals surface area contributed by atoms with Gasteiger partial charge in [0.15, 0.2) is 11.6 Å². The van der Waals surface area contributed by atoms with Crippen LogP contribution in [-0.2, 0) is 10.0 Å². The van der Waals surface area contributed by atoms with E-state index >= 15 is 0 Å². The molecule has 2 aromatic rings. The predicted octanol–water partition coefficient (Wildman–Crippen LogP) is 4.28. The molecule has 0 N–H and O–H groups in total. The summed E-state index contributed by atoms with van der Waals surface area (Å²) in [5, 5.41) is 0. The van der Waals surface area contributed by atoms with Crippen molar-refractivity contribution in [2.24, 2.45) is 0 Å². The van der Waals surface area contributed by atoms with Crippen molar-refractivity contribution in [1.82, 2.24) is 4.31 Å². The maximum absolute atomic E-state index is 13.6. The normalized spacial score (nSPS) is 19.1. The monoisotopic (exact) mass is 381 g/mol. The van der Waals surface area contributed by atoms with E-state index in [0.717, 1.165) is 43.0 Å². The van der Waals surface area contributed by atoms with Gasteiger partial charge in [-0.15, -0.1) is 0 Å². The Bertz CT molecular complexity index is 869. The molecule has 0 spiro atoms. The zero-order valence-electron chi connectivity index (χ0n) is 14.5. The first-order valence-electron chi connectivity index (χ1n) is 8.54. The topological polar surface area (TPSA) is 46.6 Å². The number of hydrogen-bond donors (Lipinski definition) is 0. The maximum atomic E-state index is 13.6. The fourth-order valence-corrected chi connectivity index (χ4v) is 5.00. The smallest absolute Gasteiger partial charge is 0.243 e. The number of benzene rings is 2. The van der Waals surface area contributed by atoms with Crippen LogP contribution in [0.5, 0.6) is 5.75 Å². The Morgan fingerprint density at radius 3 is 2.38 bits per heavy atom. The van der Waals surface area contributed by atoms with E-state index in [1.165, 1.54) is 4.31 Å². The minimum absolute atomic E-state index is 0.225. The molecule has 1 saturated heterocycles. The Balaban J connectivity index is 2.00. The van der Waals surface area contributed by atoms with Crippen molar-refractivity contribution in [2.75, 3.05) is 13.7 Å². The van der Waals surface area contributed by atoms with E-state index in [9.17, 15) is 17.2 Å². The van der Waals surface area contributed by atoms with Crippen LogP contribution in [0.1, 0.15) is 37.3 Å². The summed E-state index contributed by atoms with van der Waals surface area (Å²) in [6.45, 7) is 0.345. The van der Waals surface area contributed by atoms with Gasteiger partial charge in [0.2, 0.25) is 10.0 Å². The SMILES string of the molecule is COc1ccc([C@@H]2CCCCCN2S(=O)(=O)c2ccc(F)c(F)c2)cc1. The van der Waals surface area contributed by atoms with Crippen LogP contribution in [0.25, 0.3) is 0 Å². The highest BCUT2D eigenvalue weighted by Gasteiger charge is 2.33. The molecule has 1 aliphatic rings. The van der Waals surface area contributed by atoms with Crippen molar-refractivity contribution >= 4 is 10.0 Å². The van der Waals surface area contributed by atoms with Crippen LogP contribution in [-0.4, -0.2) is 26.4 Å². The molecule has 2 aromatic carbocycles. The summed E-state index contributed by atoms with van der Waals surface area (Å²) in [7, 11) is -2.37. The number of hydrogen-bond acceptors (Lipinski definition) is 3.